The molecule has 4 nitrogen and oxygen atoms in total. The highest BCUT2D eigenvalue weighted by Crippen LogP contribution is 2.52. The van der Waals surface area contributed by atoms with Crippen LogP contribution < -0.4 is 4.52 Å². The molecule has 0 unspecified atom stereocenters. The van der Waals surface area contributed by atoms with Gasteiger partial charge in [-0.2, -0.15) is 0 Å². The van der Waals surface area contributed by atoms with E-state index in [1.54, 1.807) is 6.07 Å². The SMILES string of the molecule is Cc1ccc(OP2(=O)OCc3cc(C)c(C)cc3CO2)cc1C. The largest absolute Gasteiger partial charge is 0.530 e. The number of rotatable bonds is 2. The summed E-state index contributed by atoms with van der Waals surface area (Å²) in [5.74, 6) is 0.495. The normalized spacial score (nSPS) is 16.5. The molecular weight excluding hydrogens is 311 g/mol. The summed E-state index contributed by atoms with van der Waals surface area (Å²) in [7, 11) is -3.63. The number of aryl methyl sites for hydroxylation is 4. The molecule has 0 saturated carbocycles. The van der Waals surface area contributed by atoms with E-state index in [1.807, 2.05) is 39.8 Å². The van der Waals surface area contributed by atoms with Gasteiger partial charge in [-0.3, -0.25) is 9.05 Å². The van der Waals surface area contributed by atoms with E-state index in [0.717, 1.165) is 22.3 Å². The average Bonchev–Trinajstić information content (AvgIpc) is 2.65. The molecule has 5 heteroatoms. The van der Waals surface area contributed by atoms with Gasteiger partial charge in [0.1, 0.15) is 5.75 Å². The van der Waals surface area contributed by atoms with Crippen molar-refractivity contribution in [2.75, 3.05) is 0 Å². The van der Waals surface area contributed by atoms with Gasteiger partial charge in [-0.25, -0.2) is 4.57 Å². The molecule has 0 amide bonds. The van der Waals surface area contributed by atoms with Gasteiger partial charge >= 0.3 is 7.82 Å². The molecule has 0 spiro atoms. The van der Waals surface area contributed by atoms with Crippen molar-refractivity contribution in [3.05, 3.63) is 63.7 Å². The summed E-state index contributed by atoms with van der Waals surface area (Å²) < 4.78 is 29.3. The number of hydrogen-bond donors (Lipinski definition) is 0. The minimum atomic E-state index is -3.63. The number of hydrogen-bond acceptors (Lipinski definition) is 4. The second-order valence-electron chi connectivity index (χ2n) is 6.04. The van der Waals surface area contributed by atoms with Gasteiger partial charge in [0.25, 0.3) is 0 Å². The Labute approximate surface area is 137 Å². The molecule has 0 atom stereocenters. The maximum Gasteiger partial charge on any atom is 0.530 e. The van der Waals surface area contributed by atoms with Gasteiger partial charge in [0.2, 0.25) is 0 Å². The number of fused-ring (bicyclic) bond motifs is 1. The Morgan fingerprint density at radius 1 is 0.826 bits per heavy atom. The summed E-state index contributed by atoms with van der Waals surface area (Å²) in [6.45, 7) is 8.53. The van der Waals surface area contributed by atoms with Gasteiger partial charge < -0.3 is 4.52 Å². The van der Waals surface area contributed by atoms with Gasteiger partial charge in [0, 0.05) is 0 Å². The molecule has 2 aromatic carbocycles. The summed E-state index contributed by atoms with van der Waals surface area (Å²) in [5, 5.41) is 0. The van der Waals surface area contributed by atoms with Crippen LogP contribution in [-0.4, -0.2) is 0 Å². The minimum Gasteiger partial charge on any atom is -0.404 e. The standard InChI is InChI=1S/C18H21O4P/c1-12-5-6-18(9-15(12)4)22-23(19)20-10-16-7-13(2)14(3)8-17(16)11-21-23/h5-9H,10-11H2,1-4H3. The molecule has 1 aliphatic heterocycles. The molecule has 0 bridgehead atoms. The van der Waals surface area contributed by atoms with E-state index in [-0.39, 0.29) is 13.2 Å². The fourth-order valence-electron chi connectivity index (χ4n) is 2.49. The molecule has 0 saturated heterocycles. The zero-order valence-corrected chi connectivity index (χ0v) is 14.8. The maximum absolute atomic E-state index is 12.8. The van der Waals surface area contributed by atoms with E-state index in [0.29, 0.717) is 5.75 Å². The van der Waals surface area contributed by atoms with Crippen molar-refractivity contribution in [3.8, 4) is 5.75 Å². The molecule has 2 aromatic rings. The molecule has 0 radical (unpaired) electrons. The maximum atomic E-state index is 12.8. The van der Waals surface area contributed by atoms with Crippen molar-refractivity contribution in [3.63, 3.8) is 0 Å². The Morgan fingerprint density at radius 3 is 1.87 bits per heavy atom. The highest BCUT2D eigenvalue weighted by atomic mass is 31.2. The Morgan fingerprint density at radius 2 is 1.35 bits per heavy atom. The molecular formula is C18H21O4P. The second-order valence-corrected chi connectivity index (χ2v) is 7.63. The van der Waals surface area contributed by atoms with E-state index >= 15 is 0 Å². The van der Waals surface area contributed by atoms with E-state index in [4.69, 9.17) is 13.6 Å². The minimum absolute atomic E-state index is 0.221. The fraction of sp³-hybridized carbons (Fsp3) is 0.333. The van der Waals surface area contributed by atoms with Crippen molar-refractivity contribution < 1.29 is 18.1 Å². The third-order valence-electron chi connectivity index (χ3n) is 4.27. The van der Waals surface area contributed by atoms with Crippen molar-refractivity contribution in [1.29, 1.82) is 0 Å². The predicted molar refractivity (Wildman–Crippen MR) is 89.6 cm³/mol. The van der Waals surface area contributed by atoms with Crippen LogP contribution in [0.5, 0.6) is 5.75 Å². The third kappa shape index (κ3) is 3.50. The monoisotopic (exact) mass is 332 g/mol. The van der Waals surface area contributed by atoms with Gasteiger partial charge in [-0.15, -0.1) is 0 Å². The Bertz CT molecular complexity index is 761. The fourth-order valence-corrected chi connectivity index (χ4v) is 3.64. The van der Waals surface area contributed by atoms with E-state index in [1.165, 1.54) is 11.1 Å². The molecule has 0 fully saturated rings. The van der Waals surface area contributed by atoms with Crippen LogP contribution in [0.25, 0.3) is 0 Å². The van der Waals surface area contributed by atoms with Gasteiger partial charge in [0.05, 0.1) is 13.2 Å². The van der Waals surface area contributed by atoms with Crippen LogP contribution in [-0.2, 0) is 26.8 Å². The number of phosphoric ester groups is 1. The first-order valence-corrected chi connectivity index (χ1v) is 9.07. The lowest BCUT2D eigenvalue weighted by molar-refractivity contribution is 0.155. The highest BCUT2D eigenvalue weighted by molar-refractivity contribution is 7.48. The summed E-state index contributed by atoms with van der Waals surface area (Å²) >= 11 is 0. The zero-order chi connectivity index (χ0) is 16.6. The summed E-state index contributed by atoms with van der Waals surface area (Å²) in [5.41, 5.74) is 6.57. The zero-order valence-electron chi connectivity index (χ0n) is 13.9. The molecule has 23 heavy (non-hydrogen) atoms. The molecule has 3 rings (SSSR count). The Balaban J connectivity index is 1.82. The van der Waals surface area contributed by atoms with Crippen molar-refractivity contribution >= 4 is 7.82 Å². The first kappa shape index (κ1) is 16.3. The van der Waals surface area contributed by atoms with E-state index in [9.17, 15) is 4.57 Å². The van der Waals surface area contributed by atoms with Crippen LogP contribution in [0.2, 0.25) is 0 Å². The van der Waals surface area contributed by atoms with Crippen LogP contribution in [0.3, 0.4) is 0 Å². The quantitative estimate of drug-likeness (QED) is 0.713. The third-order valence-corrected chi connectivity index (χ3v) is 5.59. The molecule has 0 aromatic heterocycles. The lowest BCUT2D eigenvalue weighted by Gasteiger charge is -2.16. The topological polar surface area (TPSA) is 44.8 Å². The summed E-state index contributed by atoms with van der Waals surface area (Å²) in [4.78, 5) is 0. The van der Waals surface area contributed by atoms with Crippen LogP contribution >= 0.6 is 7.82 Å². The number of benzene rings is 2. The number of phosphoric acid groups is 1. The molecule has 1 aliphatic rings. The van der Waals surface area contributed by atoms with Gasteiger partial charge in [0.15, 0.2) is 0 Å². The first-order chi connectivity index (χ1) is 10.9. The van der Waals surface area contributed by atoms with Crippen LogP contribution in [0, 0.1) is 27.7 Å². The average molecular weight is 332 g/mol. The van der Waals surface area contributed by atoms with Crippen molar-refractivity contribution in [2.45, 2.75) is 40.9 Å². The second kappa shape index (κ2) is 6.12. The van der Waals surface area contributed by atoms with Gasteiger partial charge in [-0.05, 0) is 73.2 Å². The molecule has 0 N–H and O–H groups in total. The lowest BCUT2D eigenvalue weighted by Crippen LogP contribution is -1.99. The van der Waals surface area contributed by atoms with Crippen molar-refractivity contribution in [1.82, 2.24) is 0 Å². The molecule has 0 aliphatic carbocycles. The van der Waals surface area contributed by atoms with E-state index in [2.05, 4.69) is 12.1 Å². The van der Waals surface area contributed by atoms with Crippen LogP contribution in [0.15, 0.2) is 30.3 Å². The summed E-state index contributed by atoms with van der Waals surface area (Å²) in [6.07, 6.45) is 0. The Kier molecular flexibility index (Phi) is 4.33. The first-order valence-electron chi connectivity index (χ1n) is 7.61. The van der Waals surface area contributed by atoms with Crippen molar-refractivity contribution in [2.24, 2.45) is 0 Å². The molecule has 122 valence electrons. The van der Waals surface area contributed by atoms with E-state index < -0.39 is 7.82 Å². The lowest BCUT2D eigenvalue weighted by atomic mass is 10.0. The molecule has 1 heterocycles. The van der Waals surface area contributed by atoms with Crippen LogP contribution in [0.1, 0.15) is 33.4 Å². The highest BCUT2D eigenvalue weighted by Gasteiger charge is 2.32. The summed E-state index contributed by atoms with van der Waals surface area (Å²) in [6, 6.07) is 9.66. The smallest absolute Gasteiger partial charge is 0.404 e. The predicted octanol–water partition coefficient (Wildman–Crippen LogP) is 5.15. The Hall–Kier alpha value is -1.61. The van der Waals surface area contributed by atoms with Gasteiger partial charge in [-0.1, -0.05) is 18.2 Å². The van der Waals surface area contributed by atoms with Crippen LogP contribution in [0.4, 0.5) is 0 Å².